The third-order valence-electron chi connectivity index (χ3n) is 4.08. The first-order valence-electron chi connectivity index (χ1n) is 9.36. The van der Waals surface area contributed by atoms with Gasteiger partial charge in [-0.2, -0.15) is 0 Å². The molecule has 0 heterocycles. The topological polar surface area (TPSA) is 186 Å². The van der Waals surface area contributed by atoms with Crippen molar-refractivity contribution >= 4 is 11.9 Å². The van der Waals surface area contributed by atoms with Crippen molar-refractivity contribution in [1.82, 2.24) is 0 Å². The first-order chi connectivity index (χ1) is 14.6. The maximum Gasteiger partial charge on any atom is 0.323 e. The summed E-state index contributed by atoms with van der Waals surface area (Å²) in [5, 5.41) is 36.6. The van der Waals surface area contributed by atoms with E-state index in [-0.39, 0.29) is 42.4 Å². The van der Waals surface area contributed by atoms with Crippen LogP contribution in [0.15, 0.2) is 36.4 Å². The van der Waals surface area contributed by atoms with Crippen LogP contribution in [0.4, 0.5) is 0 Å². The lowest BCUT2D eigenvalue weighted by Gasteiger charge is -2.10. The minimum absolute atomic E-state index is 0.201. The molecule has 0 bridgehead atoms. The lowest BCUT2D eigenvalue weighted by atomic mass is 10.1. The Morgan fingerprint density at radius 2 is 1.23 bits per heavy atom. The minimum Gasteiger partial charge on any atom is -0.504 e. The van der Waals surface area contributed by atoms with Crippen LogP contribution in [-0.4, -0.2) is 58.2 Å². The maximum atomic E-state index is 11.2. The summed E-state index contributed by atoms with van der Waals surface area (Å²) >= 11 is 0. The molecule has 2 aromatic carbocycles. The van der Waals surface area contributed by atoms with E-state index in [0.29, 0.717) is 11.1 Å². The molecule has 0 aromatic heterocycles. The van der Waals surface area contributed by atoms with Crippen LogP contribution in [0.3, 0.4) is 0 Å². The van der Waals surface area contributed by atoms with Crippen molar-refractivity contribution < 1.29 is 39.5 Å². The molecule has 0 aliphatic rings. The predicted octanol–water partition coefficient (Wildman–Crippen LogP) is 0.671. The first-order valence-corrected chi connectivity index (χ1v) is 9.36. The summed E-state index contributed by atoms with van der Waals surface area (Å²) in [5.41, 5.74) is 12.5. The smallest absolute Gasteiger partial charge is 0.323 e. The van der Waals surface area contributed by atoms with Gasteiger partial charge in [0.15, 0.2) is 23.0 Å². The van der Waals surface area contributed by atoms with Gasteiger partial charge < -0.3 is 41.4 Å². The summed E-state index contributed by atoms with van der Waals surface area (Å²) in [5.74, 6) is -1.85. The van der Waals surface area contributed by atoms with Crippen LogP contribution in [-0.2, 0) is 31.9 Å². The number of benzene rings is 2. The number of phenols is 4. The average molecular weight is 436 g/mol. The van der Waals surface area contributed by atoms with E-state index in [1.165, 1.54) is 31.4 Å². The highest BCUT2D eigenvalue weighted by Crippen LogP contribution is 2.26. The van der Waals surface area contributed by atoms with E-state index in [2.05, 4.69) is 4.74 Å². The molecule has 0 spiro atoms. The Hall–Kier alpha value is -3.50. The second-order valence-corrected chi connectivity index (χ2v) is 6.54. The van der Waals surface area contributed by atoms with Gasteiger partial charge in [-0.05, 0) is 55.2 Å². The molecule has 0 amide bonds. The molecule has 0 radical (unpaired) electrons. The van der Waals surface area contributed by atoms with Gasteiger partial charge >= 0.3 is 11.9 Å². The van der Waals surface area contributed by atoms with Crippen LogP contribution in [0.5, 0.6) is 23.0 Å². The van der Waals surface area contributed by atoms with Gasteiger partial charge in [0, 0.05) is 0 Å². The number of hydrogen-bond acceptors (Lipinski definition) is 10. The number of hydrogen-bond donors (Lipinski definition) is 6. The Kier molecular flexibility index (Phi) is 10.1. The van der Waals surface area contributed by atoms with E-state index in [9.17, 15) is 19.8 Å². The SMILES string of the molecule is CCOC(=O)C(N)Cc1ccc(O)c(O)c1.COC(=O)C(N)Cc1ccc(O)c(O)c1. The monoisotopic (exact) mass is 436 g/mol. The van der Waals surface area contributed by atoms with Crippen molar-refractivity contribution in [1.29, 1.82) is 0 Å². The Labute approximate surface area is 179 Å². The van der Waals surface area contributed by atoms with E-state index >= 15 is 0 Å². The second kappa shape index (κ2) is 12.3. The zero-order valence-corrected chi connectivity index (χ0v) is 17.3. The normalized spacial score (nSPS) is 12.1. The molecule has 0 fully saturated rings. The molecule has 0 aliphatic carbocycles. The van der Waals surface area contributed by atoms with Crippen LogP contribution in [0.2, 0.25) is 0 Å². The summed E-state index contributed by atoms with van der Waals surface area (Å²) in [4.78, 5) is 22.2. The highest BCUT2D eigenvalue weighted by atomic mass is 16.5. The number of aromatic hydroxyl groups is 4. The molecule has 10 heteroatoms. The third kappa shape index (κ3) is 8.41. The van der Waals surface area contributed by atoms with Gasteiger partial charge in [0.25, 0.3) is 0 Å². The van der Waals surface area contributed by atoms with Gasteiger partial charge in [-0.15, -0.1) is 0 Å². The molecule has 2 atom stereocenters. The second-order valence-electron chi connectivity index (χ2n) is 6.54. The number of methoxy groups -OCH3 is 1. The number of phenolic OH excluding ortho intramolecular Hbond substituents is 4. The molecular weight excluding hydrogens is 408 g/mol. The summed E-state index contributed by atoms with van der Waals surface area (Å²) in [6.45, 7) is 1.99. The highest BCUT2D eigenvalue weighted by Gasteiger charge is 2.16. The third-order valence-corrected chi connectivity index (χ3v) is 4.08. The summed E-state index contributed by atoms with van der Waals surface area (Å²) in [7, 11) is 1.26. The van der Waals surface area contributed by atoms with Crippen molar-refractivity contribution in [3.63, 3.8) is 0 Å². The summed E-state index contributed by atoms with van der Waals surface area (Å²) < 4.78 is 9.22. The average Bonchev–Trinajstić information content (AvgIpc) is 2.73. The molecule has 8 N–H and O–H groups in total. The molecule has 0 aliphatic heterocycles. The van der Waals surface area contributed by atoms with Crippen LogP contribution in [0.25, 0.3) is 0 Å². The van der Waals surface area contributed by atoms with Gasteiger partial charge in [-0.1, -0.05) is 12.1 Å². The van der Waals surface area contributed by atoms with Crippen molar-refractivity contribution in [3.8, 4) is 23.0 Å². The Morgan fingerprint density at radius 3 is 1.58 bits per heavy atom. The van der Waals surface area contributed by atoms with E-state index in [1.54, 1.807) is 19.1 Å². The van der Waals surface area contributed by atoms with Gasteiger partial charge in [-0.25, -0.2) is 0 Å². The lowest BCUT2D eigenvalue weighted by Crippen LogP contribution is -2.34. The summed E-state index contributed by atoms with van der Waals surface area (Å²) in [6.07, 6.45) is 0.507. The quantitative estimate of drug-likeness (QED) is 0.266. The molecule has 31 heavy (non-hydrogen) atoms. The molecule has 10 nitrogen and oxygen atoms in total. The highest BCUT2D eigenvalue weighted by molar-refractivity contribution is 5.76. The Morgan fingerprint density at radius 1 is 0.806 bits per heavy atom. The number of carbonyl (C=O) groups is 2. The molecule has 170 valence electrons. The summed E-state index contributed by atoms with van der Waals surface area (Å²) in [6, 6.07) is 7.07. The zero-order valence-electron chi connectivity index (χ0n) is 17.3. The van der Waals surface area contributed by atoms with Gasteiger partial charge in [0.1, 0.15) is 12.1 Å². The van der Waals surface area contributed by atoms with Crippen LogP contribution in [0.1, 0.15) is 18.1 Å². The standard InChI is InChI=1S/C11H15NO4.C10H13NO4/c1-2-16-11(15)8(12)5-7-3-4-9(13)10(14)6-7;1-15-10(14)7(11)4-6-2-3-8(12)9(13)5-6/h3-4,6,8,13-14H,2,5,12H2,1H3;2-3,5,7,12-13H,4,11H2,1H3. The lowest BCUT2D eigenvalue weighted by molar-refractivity contribution is -0.144. The maximum absolute atomic E-state index is 11.2. The van der Waals surface area contributed by atoms with Crippen LogP contribution < -0.4 is 11.5 Å². The first kappa shape index (κ1) is 25.5. The minimum atomic E-state index is -0.765. The van der Waals surface area contributed by atoms with Crippen molar-refractivity contribution in [3.05, 3.63) is 47.5 Å². The molecule has 0 saturated carbocycles. The Bertz CT molecular complexity index is 888. The fraction of sp³-hybridized carbons (Fsp3) is 0.333. The molecule has 2 aromatic rings. The molecule has 0 saturated heterocycles. The van der Waals surface area contributed by atoms with Crippen molar-refractivity contribution in [2.75, 3.05) is 13.7 Å². The fourth-order valence-corrected chi connectivity index (χ4v) is 2.47. The van der Waals surface area contributed by atoms with Gasteiger partial charge in [0.2, 0.25) is 0 Å². The number of esters is 2. The fourth-order valence-electron chi connectivity index (χ4n) is 2.47. The van der Waals surface area contributed by atoms with Gasteiger partial charge in [-0.3, -0.25) is 9.59 Å². The largest absolute Gasteiger partial charge is 0.504 e. The number of rotatable bonds is 7. The molecular formula is C21H28N2O8. The number of nitrogens with two attached hydrogens (primary N) is 2. The van der Waals surface area contributed by atoms with E-state index < -0.39 is 24.0 Å². The van der Waals surface area contributed by atoms with E-state index in [0.717, 1.165) is 0 Å². The van der Waals surface area contributed by atoms with Crippen LogP contribution >= 0.6 is 0 Å². The number of carbonyl (C=O) groups excluding carboxylic acids is 2. The van der Waals surface area contributed by atoms with Crippen LogP contribution in [0, 0.1) is 0 Å². The van der Waals surface area contributed by atoms with E-state index in [1.807, 2.05) is 0 Å². The van der Waals surface area contributed by atoms with E-state index in [4.69, 9.17) is 26.4 Å². The molecule has 2 rings (SSSR count). The number of ether oxygens (including phenoxy) is 2. The van der Waals surface area contributed by atoms with Crippen molar-refractivity contribution in [2.24, 2.45) is 11.5 Å². The van der Waals surface area contributed by atoms with Crippen molar-refractivity contribution in [2.45, 2.75) is 31.8 Å². The van der Waals surface area contributed by atoms with Gasteiger partial charge in [0.05, 0.1) is 13.7 Å². The Balaban J connectivity index is 0.000000311. The zero-order chi connectivity index (χ0) is 23.6. The molecule has 2 unspecified atom stereocenters. The predicted molar refractivity (Wildman–Crippen MR) is 112 cm³/mol.